The van der Waals surface area contributed by atoms with E-state index in [1.165, 1.54) is 6.33 Å². The number of methoxy groups -OCH3 is 1. The summed E-state index contributed by atoms with van der Waals surface area (Å²) >= 11 is 0. The predicted octanol–water partition coefficient (Wildman–Crippen LogP) is 2.07. The van der Waals surface area contributed by atoms with Gasteiger partial charge in [0.1, 0.15) is 6.33 Å². The van der Waals surface area contributed by atoms with E-state index in [9.17, 15) is 5.11 Å². The van der Waals surface area contributed by atoms with Crippen LogP contribution in [0, 0.1) is 6.92 Å². The van der Waals surface area contributed by atoms with Crippen LogP contribution in [0.3, 0.4) is 0 Å². The molecule has 0 aliphatic carbocycles. The highest BCUT2D eigenvalue weighted by Gasteiger charge is 2.10. The highest BCUT2D eigenvalue weighted by molar-refractivity contribution is 5.25. The van der Waals surface area contributed by atoms with Crippen LogP contribution in [0.2, 0.25) is 0 Å². The molecular formula is C14H16N2O2. The van der Waals surface area contributed by atoms with Crippen molar-refractivity contribution in [3.05, 3.63) is 53.5 Å². The molecule has 0 spiro atoms. The van der Waals surface area contributed by atoms with Crippen molar-refractivity contribution in [1.29, 1.82) is 0 Å². The standard InChI is InChI=1S/C14H16N2O2/c1-10-4-3-5-11(6-10)13(17)7-12-8-14(18-2)16-9-15-12/h3-6,8-9,13,17H,7H2,1-2H3. The van der Waals surface area contributed by atoms with Crippen LogP contribution >= 0.6 is 0 Å². The summed E-state index contributed by atoms with van der Waals surface area (Å²) in [7, 11) is 1.56. The van der Waals surface area contributed by atoms with Gasteiger partial charge < -0.3 is 9.84 Å². The Morgan fingerprint density at radius 1 is 1.28 bits per heavy atom. The maximum Gasteiger partial charge on any atom is 0.216 e. The van der Waals surface area contributed by atoms with Crippen LogP contribution in [-0.4, -0.2) is 22.2 Å². The molecule has 94 valence electrons. The van der Waals surface area contributed by atoms with Crippen LogP contribution < -0.4 is 4.74 Å². The summed E-state index contributed by atoms with van der Waals surface area (Å²) in [5, 5.41) is 10.2. The molecule has 0 bridgehead atoms. The van der Waals surface area contributed by atoms with Gasteiger partial charge >= 0.3 is 0 Å². The number of aliphatic hydroxyl groups excluding tert-OH is 1. The maximum absolute atomic E-state index is 10.2. The lowest BCUT2D eigenvalue weighted by Crippen LogP contribution is -2.04. The minimum Gasteiger partial charge on any atom is -0.481 e. The Hall–Kier alpha value is -1.94. The van der Waals surface area contributed by atoms with Crippen molar-refractivity contribution in [1.82, 2.24) is 9.97 Å². The smallest absolute Gasteiger partial charge is 0.216 e. The fraction of sp³-hybridized carbons (Fsp3) is 0.286. The first-order valence-electron chi connectivity index (χ1n) is 5.78. The molecule has 0 saturated carbocycles. The molecule has 1 aromatic carbocycles. The number of aryl methyl sites for hydroxylation is 1. The molecule has 4 nitrogen and oxygen atoms in total. The zero-order chi connectivity index (χ0) is 13.0. The molecule has 0 aliphatic rings. The number of nitrogens with zero attached hydrogens (tertiary/aromatic N) is 2. The van der Waals surface area contributed by atoms with Crippen LogP contribution in [0.4, 0.5) is 0 Å². The van der Waals surface area contributed by atoms with Gasteiger partial charge in [0, 0.05) is 12.5 Å². The summed E-state index contributed by atoms with van der Waals surface area (Å²) in [6, 6.07) is 9.57. The first kappa shape index (κ1) is 12.5. The average Bonchev–Trinajstić information content (AvgIpc) is 2.39. The first-order chi connectivity index (χ1) is 8.69. The van der Waals surface area contributed by atoms with Crippen molar-refractivity contribution in [2.75, 3.05) is 7.11 Å². The second-order valence-corrected chi connectivity index (χ2v) is 4.19. The summed E-state index contributed by atoms with van der Waals surface area (Å²) in [4.78, 5) is 8.06. The Morgan fingerprint density at radius 3 is 2.83 bits per heavy atom. The van der Waals surface area contributed by atoms with Gasteiger partial charge in [0.05, 0.1) is 18.9 Å². The van der Waals surface area contributed by atoms with Gasteiger partial charge in [0.2, 0.25) is 5.88 Å². The van der Waals surface area contributed by atoms with Gasteiger partial charge in [-0.25, -0.2) is 9.97 Å². The molecule has 1 heterocycles. The highest BCUT2D eigenvalue weighted by atomic mass is 16.5. The Morgan fingerprint density at radius 2 is 2.11 bits per heavy atom. The zero-order valence-corrected chi connectivity index (χ0v) is 10.5. The molecule has 1 unspecified atom stereocenters. The summed E-state index contributed by atoms with van der Waals surface area (Å²) in [5.74, 6) is 0.511. The van der Waals surface area contributed by atoms with E-state index in [0.29, 0.717) is 12.3 Å². The first-order valence-corrected chi connectivity index (χ1v) is 5.78. The van der Waals surface area contributed by atoms with Crippen LogP contribution in [0.1, 0.15) is 22.9 Å². The molecule has 4 heteroatoms. The zero-order valence-electron chi connectivity index (χ0n) is 10.5. The molecule has 18 heavy (non-hydrogen) atoms. The van der Waals surface area contributed by atoms with Crippen molar-refractivity contribution >= 4 is 0 Å². The summed E-state index contributed by atoms with van der Waals surface area (Å²) in [6.07, 6.45) is 1.32. The van der Waals surface area contributed by atoms with Gasteiger partial charge in [-0.3, -0.25) is 0 Å². The third-order valence-corrected chi connectivity index (χ3v) is 2.74. The summed E-state index contributed by atoms with van der Waals surface area (Å²) in [5.41, 5.74) is 2.79. The van der Waals surface area contributed by atoms with Crippen molar-refractivity contribution < 1.29 is 9.84 Å². The molecule has 2 aromatic rings. The average molecular weight is 244 g/mol. The van der Waals surface area contributed by atoms with Crippen LogP contribution in [0.5, 0.6) is 5.88 Å². The van der Waals surface area contributed by atoms with Gasteiger partial charge in [-0.1, -0.05) is 29.8 Å². The van der Waals surface area contributed by atoms with Crippen molar-refractivity contribution in [3.63, 3.8) is 0 Å². The molecule has 0 amide bonds. The van der Waals surface area contributed by atoms with Gasteiger partial charge in [-0.2, -0.15) is 0 Å². The SMILES string of the molecule is COc1cc(CC(O)c2cccc(C)c2)ncn1. The summed E-state index contributed by atoms with van der Waals surface area (Å²) in [6.45, 7) is 2.00. The van der Waals surface area contributed by atoms with E-state index >= 15 is 0 Å². The van der Waals surface area contributed by atoms with E-state index in [4.69, 9.17) is 4.74 Å². The second kappa shape index (κ2) is 5.60. The third kappa shape index (κ3) is 3.05. The largest absolute Gasteiger partial charge is 0.481 e. The van der Waals surface area contributed by atoms with Crippen LogP contribution in [0.25, 0.3) is 0 Å². The van der Waals surface area contributed by atoms with E-state index in [1.807, 2.05) is 31.2 Å². The second-order valence-electron chi connectivity index (χ2n) is 4.19. The Kier molecular flexibility index (Phi) is 3.89. The number of hydrogen-bond acceptors (Lipinski definition) is 4. The molecular weight excluding hydrogens is 228 g/mol. The Bertz CT molecular complexity index is 529. The highest BCUT2D eigenvalue weighted by Crippen LogP contribution is 2.19. The topological polar surface area (TPSA) is 55.2 Å². The van der Waals surface area contributed by atoms with Gasteiger partial charge in [-0.15, -0.1) is 0 Å². The molecule has 0 aliphatic heterocycles. The van der Waals surface area contributed by atoms with Gasteiger partial charge in [0.15, 0.2) is 0 Å². The molecule has 1 aromatic heterocycles. The molecule has 1 atom stereocenters. The lowest BCUT2D eigenvalue weighted by molar-refractivity contribution is 0.177. The number of ether oxygens (including phenoxy) is 1. The fourth-order valence-electron chi connectivity index (χ4n) is 1.79. The quantitative estimate of drug-likeness (QED) is 0.894. The Labute approximate surface area is 106 Å². The summed E-state index contributed by atoms with van der Waals surface area (Å²) < 4.78 is 5.03. The monoisotopic (exact) mass is 244 g/mol. The molecule has 0 fully saturated rings. The molecule has 0 saturated heterocycles. The van der Waals surface area contributed by atoms with Crippen molar-refractivity contribution in [2.24, 2.45) is 0 Å². The van der Waals surface area contributed by atoms with Crippen molar-refractivity contribution in [2.45, 2.75) is 19.4 Å². The van der Waals surface area contributed by atoms with E-state index in [2.05, 4.69) is 9.97 Å². The lowest BCUT2D eigenvalue weighted by Gasteiger charge is -2.11. The minimum absolute atomic E-state index is 0.447. The third-order valence-electron chi connectivity index (χ3n) is 2.74. The Balaban J connectivity index is 2.13. The van der Waals surface area contributed by atoms with Crippen LogP contribution in [-0.2, 0) is 6.42 Å². The van der Waals surface area contributed by atoms with E-state index < -0.39 is 6.10 Å². The number of rotatable bonds is 4. The lowest BCUT2D eigenvalue weighted by atomic mass is 10.0. The number of hydrogen-bond donors (Lipinski definition) is 1. The molecule has 1 N–H and O–H groups in total. The van der Waals surface area contributed by atoms with Crippen molar-refractivity contribution in [3.8, 4) is 5.88 Å². The van der Waals surface area contributed by atoms with Gasteiger partial charge in [0.25, 0.3) is 0 Å². The molecule has 0 radical (unpaired) electrons. The molecule has 2 rings (SSSR count). The number of benzene rings is 1. The normalized spacial score (nSPS) is 12.2. The van der Waals surface area contributed by atoms with E-state index in [0.717, 1.165) is 16.8 Å². The minimum atomic E-state index is -0.565. The predicted molar refractivity (Wildman–Crippen MR) is 68.4 cm³/mol. The van der Waals surface area contributed by atoms with E-state index in [-0.39, 0.29) is 0 Å². The fourth-order valence-corrected chi connectivity index (χ4v) is 1.79. The number of aromatic nitrogens is 2. The van der Waals surface area contributed by atoms with Crippen LogP contribution in [0.15, 0.2) is 36.7 Å². The van der Waals surface area contributed by atoms with Gasteiger partial charge in [-0.05, 0) is 12.5 Å². The maximum atomic E-state index is 10.2. The number of aliphatic hydroxyl groups is 1. The van der Waals surface area contributed by atoms with E-state index in [1.54, 1.807) is 13.2 Å².